The fourth-order valence-corrected chi connectivity index (χ4v) is 1.18. The first-order chi connectivity index (χ1) is 3.39. The van der Waals surface area contributed by atoms with E-state index in [1.54, 1.807) is 0 Å². The van der Waals surface area contributed by atoms with Crippen molar-refractivity contribution in [3.8, 4) is 0 Å². The third kappa shape index (κ3) is 1.67. The molecule has 42 valence electrons. The van der Waals surface area contributed by atoms with Gasteiger partial charge in [0, 0.05) is 5.75 Å². The molecule has 3 heteroatoms. The van der Waals surface area contributed by atoms with Crippen molar-refractivity contribution in [3.63, 3.8) is 0 Å². The van der Waals surface area contributed by atoms with Crippen molar-refractivity contribution in [2.45, 2.75) is 19.1 Å². The van der Waals surface area contributed by atoms with Gasteiger partial charge in [-0.3, -0.25) is 4.18 Å². The molecule has 1 unspecified atom stereocenters. The molecule has 0 amide bonds. The zero-order valence-corrected chi connectivity index (χ0v) is 4.91. The topological polar surface area (TPSA) is 35.2 Å². The van der Waals surface area contributed by atoms with Crippen LogP contribution in [-0.4, -0.2) is 12.0 Å². The highest BCUT2D eigenvalue weighted by molar-refractivity contribution is 7.94. The fraction of sp³-hybridized carbons (Fsp3) is 1.00. The predicted octanol–water partition coefficient (Wildman–Crippen LogP) is 0.730. The predicted molar refractivity (Wildman–Crippen MR) is 30.8 cm³/mol. The zero-order chi connectivity index (χ0) is 5.11. The highest BCUT2D eigenvalue weighted by Gasteiger charge is 2.07. The van der Waals surface area contributed by atoms with E-state index in [9.17, 15) is 0 Å². The molecule has 1 aliphatic heterocycles. The quantitative estimate of drug-likeness (QED) is 0.477. The molecule has 0 aliphatic carbocycles. The number of hydrogen-bond acceptors (Lipinski definition) is 3. The largest absolute Gasteiger partial charge is 0.305 e. The minimum absolute atomic E-state index is 0.00116. The maximum atomic E-state index is 5.39. The average Bonchev–Trinajstić information content (AvgIpc) is 1.69. The highest BCUT2D eigenvalue weighted by atomic mass is 32.2. The first-order valence-corrected chi connectivity index (χ1v) is 3.34. The molecule has 0 aromatic rings. The van der Waals surface area contributed by atoms with E-state index in [1.807, 2.05) is 0 Å². The van der Waals surface area contributed by atoms with Gasteiger partial charge in [0.05, 0.1) is 0 Å². The average molecular weight is 119 g/mol. The summed E-state index contributed by atoms with van der Waals surface area (Å²) in [4.78, 5) is 0. The van der Waals surface area contributed by atoms with Gasteiger partial charge in [-0.1, -0.05) is 0 Å². The van der Waals surface area contributed by atoms with E-state index >= 15 is 0 Å². The van der Waals surface area contributed by atoms with E-state index in [0.29, 0.717) is 0 Å². The molecular weight excluding hydrogens is 110 g/mol. The summed E-state index contributed by atoms with van der Waals surface area (Å²) in [6, 6.07) is 0. The molecule has 1 aliphatic rings. The van der Waals surface area contributed by atoms with E-state index in [0.717, 1.165) is 12.2 Å². The van der Waals surface area contributed by atoms with Crippen LogP contribution in [0, 0.1) is 0 Å². The van der Waals surface area contributed by atoms with E-state index < -0.39 is 0 Å². The second kappa shape index (κ2) is 2.55. The molecular formula is C4H9NOS. The maximum Gasteiger partial charge on any atom is 0.120 e. The minimum atomic E-state index is -0.00116. The maximum absolute atomic E-state index is 5.39. The van der Waals surface area contributed by atoms with Crippen LogP contribution in [0.15, 0.2) is 0 Å². The Bertz CT molecular complexity index is 53.7. The summed E-state index contributed by atoms with van der Waals surface area (Å²) >= 11 is 1.48. The zero-order valence-electron chi connectivity index (χ0n) is 4.09. The third-order valence-electron chi connectivity index (χ3n) is 0.908. The molecule has 1 heterocycles. The molecule has 0 aromatic carbocycles. The SMILES string of the molecule is NC1CCCSO1. The Morgan fingerprint density at radius 2 is 2.57 bits per heavy atom. The van der Waals surface area contributed by atoms with E-state index in [2.05, 4.69) is 0 Å². The number of hydrogen-bond donors (Lipinski definition) is 1. The Morgan fingerprint density at radius 1 is 1.71 bits per heavy atom. The van der Waals surface area contributed by atoms with Crippen molar-refractivity contribution in [2.75, 3.05) is 5.75 Å². The normalized spacial score (nSPS) is 33.0. The van der Waals surface area contributed by atoms with E-state index in [1.165, 1.54) is 18.5 Å². The lowest BCUT2D eigenvalue weighted by atomic mass is 10.3. The smallest absolute Gasteiger partial charge is 0.120 e. The molecule has 2 N–H and O–H groups in total. The van der Waals surface area contributed by atoms with Gasteiger partial charge in [-0.15, -0.1) is 0 Å². The van der Waals surface area contributed by atoms with Gasteiger partial charge in [0.15, 0.2) is 0 Å². The molecule has 1 fully saturated rings. The van der Waals surface area contributed by atoms with Gasteiger partial charge in [0.1, 0.15) is 6.23 Å². The van der Waals surface area contributed by atoms with Gasteiger partial charge < -0.3 is 5.73 Å². The number of nitrogens with two attached hydrogens (primary N) is 1. The minimum Gasteiger partial charge on any atom is -0.305 e. The summed E-state index contributed by atoms with van der Waals surface area (Å²) in [5.74, 6) is 1.10. The molecule has 1 atom stereocenters. The van der Waals surface area contributed by atoms with Gasteiger partial charge in [-0.2, -0.15) is 0 Å². The van der Waals surface area contributed by atoms with Crippen LogP contribution in [0.2, 0.25) is 0 Å². The Balaban J connectivity index is 2.12. The van der Waals surface area contributed by atoms with Crippen LogP contribution in [0.3, 0.4) is 0 Å². The molecule has 1 rings (SSSR count). The first-order valence-electron chi connectivity index (χ1n) is 2.43. The summed E-state index contributed by atoms with van der Waals surface area (Å²) in [6.07, 6.45) is 2.22. The first kappa shape index (κ1) is 5.41. The monoisotopic (exact) mass is 119 g/mol. The van der Waals surface area contributed by atoms with Crippen molar-refractivity contribution in [1.82, 2.24) is 0 Å². The second-order valence-electron chi connectivity index (χ2n) is 1.60. The Labute approximate surface area is 47.6 Å². The highest BCUT2D eigenvalue weighted by Crippen LogP contribution is 2.16. The summed E-state index contributed by atoms with van der Waals surface area (Å²) in [5.41, 5.74) is 5.39. The molecule has 0 bridgehead atoms. The Morgan fingerprint density at radius 3 is 2.86 bits per heavy atom. The molecule has 0 aromatic heterocycles. The van der Waals surface area contributed by atoms with Gasteiger partial charge in [-0.25, -0.2) is 0 Å². The van der Waals surface area contributed by atoms with Crippen LogP contribution in [0.5, 0.6) is 0 Å². The second-order valence-corrected chi connectivity index (χ2v) is 2.44. The van der Waals surface area contributed by atoms with Crippen LogP contribution in [0.25, 0.3) is 0 Å². The van der Waals surface area contributed by atoms with Gasteiger partial charge in [-0.05, 0) is 24.9 Å². The van der Waals surface area contributed by atoms with Gasteiger partial charge in [0.25, 0.3) is 0 Å². The number of rotatable bonds is 0. The van der Waals surface area contributed by atoms with Gasteiger partial charge in [0.2, 0.25) is 0 Å². The Kier molecular flexibility index (Phi) is 1.97. The van der Waals surface area contributed by atoms with Crippen LogP contribution in [0.1, 0.15) is 12.8 Å². The standard InChI is InChI=1S/C4H9NOS/c5-4-2-1-3-7-6-4/h4H,1-3,5H2. The molecule has 0 saturated carbocycles. The summed E-state index contributed by atoms with van der Waals surface area (Å²) in [5, 5.41) is 0. The van der Waals surface area contributed by atoms with Crippen LogP contribution >= 0.6 is 12.0 Å². The molecule has 0 radical (unpaired) electrons. The lowest BCUT2D eigenvalue weighted by Crippen LogP contribution is -2.23. The van der Waals surface area contributed by atoms with Crippen LogP contribution < -0.4 is 5.73 Å². The van der Waals surface area contributed by atoms with Crippen LogP contribution in [-0.2, 0) is 4.18 Å². The fourth-order valence-electron chi connectivity index (χ4n) is 0.527. The third-order valence-corrected chi connectivity index (χ3v) is 1.75. The molecule has 0 spiro atoms. The summed E-state index contributed by atoms with van der Waals surface area (Å²) < 4.78 is 4.97. The van der Waals surface area contributed by atoms with Crippen molar-refractivity contribution >= 4 is 12.0 Å². The van der Waals surface area contributed by atoms with E-state index in [-0.39, 0.29) is 6.23 Å². The van der Waals surface area contributed by atoms with Crippen molar-refractivity contribution in [2.24, 2.45) is 5.73 Å². The van der Waals surface area contributed by atoms with Crippen LogP contribution in [0.4, 0.5) is 0 Å². The lowest BCUT2D eigenvalue weighted by molar-refractivity contribution is 0.224. The molecule has 2 nitrogen and oxygen atoms in total. The van der Waals surface area contributed by atoms with Gasteiger partial charge >= 0.3 is 0 Å². The van der Waals surface area contributed by atoms with Crippen molar-refractivity contribution in [1.29, 1.82) is 0 Å². The summed E-state index contributed by atoms with van der Waals surface area (Å²) in [6.45, 7) is 0. The van der Waals surface area contributed by atoms with Crippen molar-refractivity contribution in [3.05, 3.63) is 0 Å². The Hall–Kier alpha value is 0.270. The molecule has 7 heavy (non-hydrogen) atoms. The van der Waals surface area contributed by atoms with E-state index in [4.69, 9.17) is 9.92 Å². The van der Waals surface area contributed by atoms with Crippen molar-refractivity contribution < 1.29 is 4.18 Å². The lowest BCUT2D eigenvalue weighted by Gasteiger charge is -2.15. The molecule has 1 saturated heterocycles. The summed E-state index contributed by atoms with van der Waals surface area (Å²) in [7, 11) is 0.